The maximum Gasteiger partial charge on any atom is 0.227 e. The van der Waals surface area contributed by atoms with Gasteiger partial charge in [-0.2, -0.15) is 0 Å². The Hall–Kier alpha value is -1.69. The van der Waals surface area contributed by atoms with Crippen LogP contribution in [0.15, 0.2) is 36.4 Å². The molecule has 2 aromatic rings. The fraction of sp³-hybridized carbons (Fsp3) is 0.316. The lowest BCUT2D eigenvalue weighted by Gasteiger charge is -2.31. The fourth-order valence-corrected chi connectivity index (χ4v) is 3.60. The van der Waals surface area contributed by atoms with E-state index in [-0.39, 0.29) is 17.5 Å². The van der Waals surface area contributed by atoms with Gasteiger partial charge in [-0.05, 0) is 50.2 Å². The molecule has 3 rings (SSSR count). The van der Waals surface area contributed by atoms with Gasteiger partial charge in [-0.15, -0.1) is 0 Å². The zero-order valence-electron chi connectivity index (χ0n) is 13.9. The number of carbonyl (C=O) groups is 1. The molecule has 2 aromatic carbocycles. The number of benzene rings is 2. The average molecular weight is 399 g/mol. The number of nitrogens with one attached hydrogen (secondary N) is 1. The summed E-state index contributed by atoms with van der Waals surface area (Å²) in [5.41, 5.74) is 0.883. The van der Waals surface area contributed by atoms with Crippen molar-refractivity contribution in [3.8, 4) is 0 Å². The number of halogens is 4. The first-order valence-corrected chi connectivity index (χ1v) is 9.11. The number of amides is 1. The normalized spacial score (nSPS) is 15.8. The second-order valence-corrected chi connectivity index (χ2v) is 7.18. The summed E-state index contributed by atoms with van der Waals surface area (Å²) in [5, 5.41) is 3.81. The molecule has 1 fully saturated rings. The SMILES string of the molecule is O=C(Nc1ccc(F)cc1F)C1CCN(Cc2c(Cl)cccc2Cl)CC1. The number of piperidine rings is 1. The topological polar surface area (TPSA) is 32.3 Å². The van der Waals surface area contributed by atoms with Gasteiger partial charge in [-0.3, -0.25) is 9.69 Å². The molecule has 1 amide bonds. The predicted octanol–water partition coefficient (Wildman–Crippen LogP) is 5.12. The lowest BCUT2D eigenvalue weighted by Crippen LogP contribution is -2.38. The van der Waals surface area contributed by atoms with Gasteiger partial charge in [0, 0.05) is 34.1 Å². The Bertz CT molecular complexity index is 788. The van der Waals surface area contributed by atoms with Crippen molar-refractivity contribution < 1.29 is 13.6 Å². The summed E-state index contributed by atoms with van der Waals surface area (Å²) in [5.74, 6) is -1.90. The Morgan fingerprint density at radius 2 is 1.77 bits per heavy atom. The molecule has 26 heavy (non-hydrogen) atoms. The molecule has 138 valence electrons. The molecule has 0 radical (unpaired) electrons. The number of anilines is 1. The predicted molar refractivity (Wildman–Crippen MR) is 99.5 cm³/mol. The highest BCUT2D eigenvalue weighted by Gasteiger charge is 2.26. The summed E-state index contributed by atoms with van der Waals surface area (Å²) in [7, 11) is 0. The van der Waals surface area contributed by atoms with Gasteiger partial charge in [-0.1, -0.05) is 29.3 Å². The average Bonchev–Trinajstić information content (AvgIpc) is 2.61. The van der Waals surface area contributed by atoms with Crippen molar-refractivity contribution in [2.75, 3.05) is 18.4 Å². The van der Waals surface area contributed by atoms with E-state index in [9.17, 15) is 13.6 Å². The molecule has 1 aliphatic rings. The van der Waals surface area contributed by atoms with E-state index in [1.54, 1.807) is 18.2 Å². The number of likely N-dealkylation sites (tertiary alicyclic amines) is 1. The van der Waals surface area contributed by atoms with E-state index in [0.29, 0.717) is 42.5 Å². The van der Waals surface area contributed by atoms with Gasteiger partial charge in [0.15, 0.2) is 0 Å². The first-order valence-electron chi connectivity index (χ1n) is 8.35. The van der Waals surface area contributed by atoms with E-state index in [1.807, 2.05) is 0 Å². The molecule has 1 heterocycles. The van der Waals surface area contributed by atoms with Gasteiger partial charge in [0.2, 0.25) is 5.91 Å². The van der Waals surface area contributed by atoms with Crippen LogP contribution < -0.4 is 5.32 Å². The van der Waals surface area contributed by atoms with Crippen LogP contribution in [-0.2, 0) is 11.3 Å². The quantitative estimate of drug-likeness (QED) is 0.774. The van der Waals surface area contributed by atoms with Crippen LogP contribution in [0.2, 0.25) is 10.0 Å². The van der Waals surface area contributed by atoms with Gasteiger partial charge in [0.05, 0.1) is 5.69 Å². The number of hydrogen-bond acceptors (Lipinski definition) is 2. The van der Waals surface area contributed by atoms with Crippen molar-refractivity contribution in [2.45, 2.75) is 19.4 Å². The maximum absolute atomic E-state index is 13.7. The molecule has 0 bridgehead atoms. The minimum atomic E-state index is -0.774. The van der Waals surface area contributed by atoms with Crippen molar-refractivity contribution in [2.24, 2.45) is 5.92 Å². The van der Waals surface area contributed by atoms with Crippen LogP contribution >= 0.6 is 23.2 Å². The molecule has 0 unspecified atom stereocenters. The summed E-state index contributed by atoms with van der Waals surface area (Å²) in [4.78, 5) is 14.5. The maximum atomic E-state index is 13.7. The summed E-state index contributed by atoms with van der Waals surface area (Å²) in [6.45, 7) is 2.05. The number of carbonyl (C=O) groups excluding carboxylic acids is 1. The van der Waals surface area contributed by atoms with Gasteiger partial charge in [0.25, 0.3) is 0 Å². The first-order chi connectivity index (χ1) is 12.4. The Morgan fingerprint density at radius 1 is 1.12 bits per heavy atom. The number of nitrogens with zero attached hydrogens (tertiary/aromatic N) is 1. The molecular formula is C19H18Cl2F2N2O. The van der Waals surface area contributed by atoms with Crippen molar-refractivity contribution in [3.63, 3.8) is 0 Å². The van der Waals surface area contributed by atoms with Crippen LogP contribution in [0, 0.1) is 17.6 Å². The summed E-state index contributed by atoms with van der Waals surface area (Å²) in [6, 6.07) is 8.52. The summed E-state index contributed by atoms with van der Waals surface area (Å²) in [6.07, 6.45) is 1.30. The van der Waals surface area contributed by atoms with Crippen molar-refractivity contribution in [1.29, 1.82) is 0 Å². The lowest BCUT2D eigenvalue weighted by atomic mass is 9.95. The third kappa shape index (κ3) is 4.53. The van der Waals surface area contributed by atoms with Crippen LogP contribution in [-0.4, -0.2) is 23.9 Å². The largest absolute Gasteiger partial charge is 0.323 e. The molecule has 0 aromatic heterocycles. The second kappa shape index (κ2) is 8.33. The van der Waals surface area contributed by atoms with E-state index in [0.717, 1.165) is 17.7 Å². The standard InChI is InChI=1S/C19H18Cl2F2N2O/c20-15-2-1-3-16(21)14(15)11-25-8-6-12(7-9-25)19(26)24-18-5-4-13(22)10-17(18)23/h1-5,10,12H,6-9,11H2,(H,24,26). The van der Waals surface area contributed by atoms with Gasteiger partial charge in [-0.25, -0.2) is 8.78 Å². The Morgan fingerprint density at radius 3 is 2.38 bits per heavy atom. The van der Waals surface area contributed by atoms with Crippen LogP contribution in [0.25, 0.3) is 0 Å². The molecule has 1 saturated heterocycles. The van der Waals surface area contributed by atoms with Gasteiger partial charge >= 0.3 is 0 Å². The third-order valence-electron chi connectivity index (χ3n) is 4.59. The molecule has 0 aliphatic carbocycles. The minimum absolute atomic E-state index is 0.00155. The molecule has 1 N–H and O–H groups in total. The zero-order chi connectivity index (χ0) is 18.7. The van der Waals surface area contributed by atoms with Crippen molar-refractivity contribution in [1.82, 2.24) is 4.90 Å². The highest BCUT2D eigenvalue weighted by molar-refractivity contribution is 6.35. The van der Waals surface area contributed by atoms with Crippen LogP contribution in [0.3, 0.4) is 0 Å². The lowest BCUT2D eigenvalue weighted by molar-refractivity contribution is -0.121. The monoisotopic (exact) mass is 398 g/mol. The molecular weight excluding hydrogens is 381 g/mol. The molecule has 0 spiro atoms. The molecule has 1 aliphatic heterocycles. The molecule has 7 heteroatoms. The molecule has 0 saturated carbocycles. The van der Waals surface area contributed by atoms with E-state index >= 15 is 0 Å². The van der Waals surface area contributed by atoms with Crippen molar-refractivity contribution in [3.05, 3.63) is 63.6 Å². The first kappa shape index (κ1) is 19.1. The number of hydrogen-bond donors (Lipinski definition) is 1. The molecule has 0 atom stereocenters. The second-order valence-electron chi connectivity index (χ2n) is 6.36. The Labute approximate surface area is 160 Å². The summed E-state index contributed by atoms with van der Waals surface area (Å²) >= 11 is 12.4. The highest BCUT2D eigenvalue weighted by atomic mass is 35.5. The fourth-order valence-electron chi connectivity index (χ4n) is 3.09. The van der Waals surface area contributed by atoms with Crippen LogP contribution in [0.4, 0.5) is 14.5 Å². The van der Waals surface area contributed by atoms with Crippen LogP contribution in [0.5, 0.6) is 0 Å². The van der Waals surface area contributed by atoms with E-state index < -0.39 is 11.6 Å². The van der Waals surface area contributed by atoms with Gasteiger partial charge in [0.1, 0.15) is 11.6 Å². The Kier molecular flexibility index (Phi) is 6.12. The smallest absolute Gasteiger partial charge is 0.227 e. The minimum Gasteiger partial charge on any atom is -0.323 e. The zero-order valence-corrected chi connectivity index (χ0v) is 15.5. The Balaban J connectivity index is 1.55. The van der Waals surface area contributed by atoms with Gasteiger partial charge < -0.3 is 5.32 Å². The molecule has 3 nitrogen and oxygen atoms in total. The van der Waals surface area contributed by atoms with E-state index in [4.69, 9.17) is 23.2 Å². The third-order valence-corrected chi connectivity index (χ3v) is 5.30. The van der Waals surface area contributed by atoms with E-state index in [2.05, 4.69) is 10.2 Å². The summed E-state index contributed by atoms with van der Waals surface area (Å²) < 4.78 is 26.6. The number of rotatable bonds is 4. The van der Waals surface area contributed by atoms with Crippen molar-refractivity contribution >= 4 is 34.8 Å². The van der Waals surface area contributed by atoms with E-state index in [1.165, 1.54) is 6.07 Å². The van der Waals surface area contributed by atoms with Crippen LogP contribution in [0.1, 0.15) is 18.4 Å². The highest BCUT2D eigenvalue weighted by Crippen LogP contribution is 2.28.